The molecule has 3 aromatic rings. The van der Waals surface area contributed by atoms with E-state index >= 15 is 0 Å². The summed E-state index contributed by atoms with van der Waals surface area (Å²) in [5.41, 5.74) is 1.56. The molecule has 0 aromatic carbocycles. The lowest BCUT2D eigenvalue weighted by Gasteiger charge is -2.10. The van der Waals surface area contributed by atoms with Crippen molar-refractivity contribution in [2.75, 3.05) is 18.5 Å². The van der Waals surface area contributed by atoms with Crippen molar-refractivity contribution in [1.82, 2.24) is 19.3 Å². The van der Waals surface area contributed by atoms with Crippen LogP contribution in [0.5, 0.6) is 11.5 Å². The lowest BCUT2D eigenvalue weighted by molar-refractivity contribution is 0.193. The first-order chi connectivity index (χ1) is 14.2. The molecule has 1 atom stereocenters. The maximum atomic E-state index is 11.8. The topological polar surface area (TPSA) is 83.2 Å². The van der Waals surface area contributed by atoms with Gasteiger partial charge in [-0.3, -0.25) is 9.48 Å². The summed E-state index contributed by atoms with van der Waals surface area (Å²) in [5.74, 6) is 2.32. The Hall–Kier alpha value is -3.13. The molecule has 2 fully saturated rings. The van der Waals surface area contributed by atoms with Crippen LogP contribution in [0.2, 0.25) is 0 Å². The van der Waals surface area contributed by atoms with E-state index in [1.807, 2.05) is 29.1 Å². The minimum absolute atomic E-state index is 0.0849. The van der Waals surface area contributed by atoms with Crippen LogP contribution in [0, 0.1) is 0 Å². The monoisotopic (exact) mass is 393 g/mol. The van der Waals surface area contributed by atoms with Gasteiger partial charge in [0.05, 0.1) is 18.8 Å². The lowest BCUT2D eigenvalue weighted by Crippen LogP contribution is -2.14. The second kappa shape index (κ2) is 7.36. The van der Waals surface area contributed by atoms with E-state index in [1.165, 1.54) is 23.5 Å². The summed E-state index contributed by atoms with van der Waals surface area (Å²) < 4.78 is 15.3. The average molecular weight is 393 g/mol. The molecule has 1 saturated heterocycles. The van der Waals surface area contributed by atoms with Crippen molar-refractivity contribution < 1.29 is 9.47 Å². The van der Waals surface area contributed by atoms with Crippen molar-refractivity contribution in [2.45, 2.75) is 31.2 Å². The smallest absolute Gasteiger partial charge is 0.252 e. The molecular weight excluding hydrogens is 370 g/mol. The van der Waals surface area contributed by atoms with Gasteiger partial charge in [-0.15, -0.1) is 0 Å². The number of ether oxygens (including phenoxy) is 2. The number of hydrogen-bond donors (Lipinski definition) is 1. The third kappa shape index (κ3) is 3.88. The SMILES string of the molecule is Cn1ccc(Nc2cc(Oc3cn(C4CC4)nc3C3CCOC3)ccn2)cc1=O. The Bertz CT molecular complexity index is 1080. The fourth-order valence-corrected chi connectivity index (χ4v) is 3.47. The van der Waals surface area contributed by atoms with Crippen molar-refractivity contribution in [3.05, 3.63) is 58.9 Å². The standard InChI is InChI=1S/C21H23N5O3/c1-25-8-5-15(10-20(25)27)23-19-11-17(4-7-22-19)29-18-12-26(16-2-3-16)24-21(18)14-6-9-28-13-14/h4-5,7-8,10-12,14,16H,2-3,6,9,13H2,1H3,(H,22,23). The maximum absolute atomic E-state index is 11.8. The normalized spacial score (nSPS) is 18.7. The van der Waals surface area contributed by atoms with Gasteiger partial charge in [0.25, 0.3) is 5.56 Å². The van der Waals surface area contributed by atoms with E-state index in [-0.39, 0.29) is 11.5 Å². The van der Waals surface area contributed by atoms with Crippen molar-refractivity contribution in [2.24, 2.45) is 7.05 Å². The Labute approximate surface area is 168 Å². The van der Waals surface area contributed by atoms with Crippen LogP contribution in [0.4, 0.5) is 11.5 Å². The molecule has 1 saturated carbocycles. The van der Waals surface area contributed by atoms with Crippen LogP contribution in [0.15, 0.2) is 47.7 Å². The first-order valence-electron chi connectivity index (χ1n) is 9.90. The van der Waals surface area contributed by atoms with E-state index in [2.05, 4.69) is 10.3 Å². The molecule has 1 N–H and O–H groups in total. The zero-order valence-corrected chi connectivity index (χ0v) is 16.2. The number of hydrogen-bond acceptors (Lipinski definition) is 6. The van der Waals surface area contributed by atoms with Crippen LogP contribution >= 0.6 is 0 Å². The number of nitrogens with one attached hydrogen (secondary N) is 1. The predicted octanol–water partition coefficient (Wildman–Crippen LogP) is 3.35. The average Bonchev–Trinajstić information content (AvgIpc) is 3.25. The molecule has 2 aliphatic rings. The van der Waals surface area contributed by atoms with Crippen LogP contribution in [0.25, 0.3) is 0 Å². The molecule has 5 rings (SSSR count). The van der Waals surface area contributed by atoms with Crippen molar-refractivity contribution in [1.29, 1.82) is 0 Å². The second-order valence-corrected chi connectivity index (χ2v) is 7.62. The van der Waals surface area contributed by atoms with Gasteiger partial charge < -0.3 is 19.4 Å². The number of aryl methyl sites for hydroxylation is 1. The molecule has 8 heteroatoms. The fourth-order valence-electron chi connectivity index (χ4n) is 3.47. The predicted molar refractivity (Wildman–Crippen MR) is 108 cm³/mol. The zero-order valence-electron chi connectivity index (χ0n) is 16.2. The maximum Gasteiger partial charge on any atom is 0.252 e. The Morgan fingerprint density at radius 2 is 2.14 bits per heavy atom. The molecule has 4 heterocycles. The molecule has 0 amide bonds. The first kappa shape index (κ1) is 17.9. The summed E-state index contributed by atoms with van der Waals surface area (Å²) in [6, 6.07) is 7.49. The van der Waals surface area contributed by atoms with Gasteiger partial charge in [0, 0.05) is 49.8 Å². The minimum atomic E-state index is -0.0849. The van der Waals surface area contributed by atoms with Crippen LogP contribution in [0.3, 0.4) is 0 Å². The molecule has 0 bridgehead atoms. The van der Waals surface area contributed by atoms with Crippen LogP contribution < -0.4 is 15.6 Å². The van der Waals surface area contributed by atoms with Gasteiger partial charge in [0.15, 0.2) is 5.75 Å². The molecule has 0 radical (unpaired) electrons. The number of rotatable bonds is 6. The largest absolute Gasteiger partial charge is 0.454 e. The summed E-state index contributed by atoms with van der Waals surface area (Å²) in [5, 5.41) is 7.96. The summed E-state index contributed by atoms with van der Waals surface area (Å²) >= 11 is 0. The molecule has 8 nitrogen and oxygen atoms in total. The van der Waals surface area contributed by atoms with E-state index in [4.69, 9.17) is 14.6 Å². The summed E-state index contributed by atoms with van der Waals surface area (Å²) in [6.07, 6.45) is 8.70. The minimum Gasteiger partial charge on any atom is -0.454 e. The van der Waals surface area contributed by atoms with Crippen LogP contribution in [-0.2, 0) is 11.8 Å². The molecule has 1 aliphatic heterocycles. The van der Waals surface area contributed by atoms with Gasteiger partial charge in [-0.25, -0.2) is 4.98 Å². The summed E-state index contributed by atoms with van der Waals surface area (Å²) in [6.45, 7) is 1.45. The van der Waals surface area contributed by atoms with Crippen molar-refractivity contribution in [3.8, 4) is 11.5 Å². The Balaban J connectivity index is 1.38. The number of anilines is 2. The fraction of sp³-hybridized carbons (Fsp3) is 0.381. The molecule has 3 aromatic heterocycles. The van der Waals surface area contributed by atoms with Gasteiger partial charge in [-0.05, 0) is 31.4 Å². The molecule has 150 valence electrons. The van der Waals surface area contributed by atoms with Crippen LogP contribution in [0.1, 0.15) is 36.9 Å². The van der Waals surface area contributed by atoms with E-state index in [9.17, 15) is 4.79 Å². The van der Waals surface area contributed by atoms with Crippen LogP contribution in [-0.4, -0.2) is 32.5 Å². The number of nitrogens with zero attached hydrogens (tertiary/aromatic N) is 4. The van der Waals surface area contributed by atoms with Gasteiger partial charge >= 0.3 is 0 Å². The highest BCUT2D eigenvalue weighted by Gasteiger charge is 2.30. The van der Waals surface area contributed by atoms with E-state index < -0.39 is 0 Å². The zero-order chi connectivity index (χ0) is 19.8. The highest BCUT2D eigenvalue weighted by atomic mass is 16.5. The van der Waals surface area contributed by atoms with Crippen molar-refractivity contribution in [3.63, 3.8) is 0 Å². The first-order valence-corrected chi connectivity index (χ1v) is 9.90. The Morgan fingerprint density at radius 3 is 2.90 bits per heavy atom. The summed E-state index contributed by atoms with van der Waals surface area (Å²) in [7, 11) is 1.72. The quantitative estimate of drug-likeness (QED) is 0.692. The summed E-state index contributed by atoms with van der Waals surface area (Å²) in [4.78, 5) is 16.2. The second-order valence-electron chi connectivity index (χ2n) is 7.62. The Kier molecular flexibility index (Phi) is 4.55. The van der Waals surface area contributed by atoms with E-state index in [0.29, 0.717) is 29.9 Å². The molecule has 29 heavy (non-hydrogen) atoms. The third-order valence-corrected chi connectivity index (χ3v) is 5.30. The number of pyridine rings is 2. The van der Waals surface area contributed by atoms with Gasteiger partial charge in [-0.1, -0.05) is 0 Å². The lowest BCUT2D eigenvalue weighted by atomic mass is 10.1. The van der Waals surface area contributed by atoms with E-state index in [0.717, 1.165) is 24.5 Å². The van der Waals surface area contributed by atoms with Gasteiger partial charge in [0.1, 0.15) is 17.3 Å². The van der Waals surface area contributed by atoms with Crippen molar-refractivity contribution >= 4 is 11.5 Å². The van der Waals surface area contributed by atoms with Gasteiger partial charge in [0.2, 0.25) is 0 Å². The molecule has 1 unspecified atom stereocenters. The van der Waals surface area contributed by atoms with E-state index in [1.54, 1.807) is 19.4 Å². The molecular formula is C21H23N5O3. The highest BCUT2D eigenvalue weighted by Crippen LogP contribution is 2.40. The Morgan fingerprint density at radius 1 is 1.24 bits per heavy atom. The third-order valence-electron chi connectivity index (χ3n) is 5.30. The van der Waals surface area contributed by atoms with Gasteiger partial charge in [-0.2, -0.15) is 5.10 Å². The highest BCUT2D eigenvalue weighted by molar-refractivity contribution is 5.56. The molecule has 1 aliphatic carbocycles. The molecule has 0 spiro atoms. The number of aromatic nitrogens is 4.